The van der Waals surface area contributed by atoms with Gasteiger partial charge in [-0.25, -0.2) is 9.97 Å². The normalized spacial score (nSPS) is 15.2. The van der Waals surface area contributed by atoms with Crippen molar-refractivity contribution in [1.82, 2.24) is 19.8 Å². The molecule has 6 nitrogen and oxygen atoms in total. The Labute approximate surface area is 152 Å². The Morgan fingerprint density at radius 1 is 1.00 bits per heavy atom. The van der Waals surface area contributed by atoms with Gasteiger partial charge in [0, 0.05) is 49.7 Å². The average Bonchev–Trinajstić information content (AvgIpc) is 3.22. The van der Waals surface area contributed by atoms with E-state index in [0.29, 0.717) is 5.56 Å². The molecule has 0 saturated carbocycles. The SMILES string of the molecule is O=C(c1cccc(-c2cncnc2)c1)N1CCN(Cc2ccco2)CC1. The van der Waals surface area contributed by atoms with Gasteiger partial charge in [-0.05, 0) is 29.8 Å². The number of hydrogen-bond acceptors (Lipinski definition) is 5. The van der Waals surface area contributed by atoms with E-state index in [1.807, 2.05) is 41.3 Å². The largest absolute Gasteiger partial charge is 0.468 e. The molecule has 1 aromatic carbocycles. The lowest BCUT2D eigenvalue weighted by Gasteiger charge is -2.34. The molecule has 4 rings (SSSR count). The van der Waals surface area contributed by atoms with Gasteiger partial charge in [-0.15, -0.1) is 0 Å². The Morgan fingerprint density at radius 2 is 1.81 bits per heavy atom. The van der Waals surface area contributed by atoms with Crippen molar-refractivity contribution in [3.63, 3.8) is 0 Å². The first-order valence-electron chi connectivity index (χ1n) is 8.69. The van der Waals surface area contributed by atoms with Gasteiger partial charge < -0.3 is 9.32 Å². The van der Waals surface area contributed by atoms with Crippen LogP contribution in [0.25, 0.3) is 11.1 Å². The van der Waals surface area contributed by atoms with Gasteiger partial charge in [0.25, 0.3) is 5.91 Å². The highest BCUT2D eigenvalue weighted by Crippen LogP contribution is 2.20. The lowest BCUT2D eigenvalue weighted by molar-refractivity contribution is 0.0620. The van der Waals surface area contributed by atoms with E-state index in [-0.39, 0.29) is 5.91 Å². The molecule has 0 radical (unpaired) electrons. The highest BCUT2D eigenvalue weighted by molar-refractivity contribution is 5.95. The number of nitrogens with zero attached hydrogens (tertiary/aromatic N) is 4. The minimum Gasteiger partial charge on any atom is -0.468 e. The van der Waals surface area contributed by atoms with E-state index < -0.39 is 0 Å². The van der Waals surface area contributed by atoms with E-state index in [1.54, 1.807) is 18.7 Å². The number of piperazine rings is 1. The molecule has 6 heteroatoms. The molecule has 0 atom stereocenters. The van der Waals surface area contributed by atoms with Gasteiger partial charge in [-0.1, -0.05) is 12.1 Å². The van der Waals surface area contributed by atoms with Crippen molar-refractivity contribution in [2.24, 2.45) is 0 Å². The first kappa shape index (κ1) is 16.5. The number of carbonyl (C=O) groups excluding carboxylic acids is 1. The molecule has 1 amide bonds. The minimum absolute atomic E-state index is 0.0707. The van der Waals surface area contributed by atoms with Gasteiger partial charge in [0.2, 0.25) is 0 Å². The summed E-state index contributed by atoms with van der Waals surface area (Å²) in [5.74, 6) is 1.03. The van der Waals surface area contributed by atoms with Crippen molar-refractivity contribution in [1.29, 1.82) is 0 Å². The molecule has 0 bridgehead atoms. The van der Waals surface area contributed by atoms with E-state index >= 15 is 0 Å². The van der Waals surface area contributed by atoms with E-state index in [9.17, 15) is 4.79 Å². The zero-order chi connectivity index (χ0) is 17.8. The summed E-state index contributed by atoms with van der Waals surface area (Å²) in [6, 6.07) is 11.5. The third-order valence-corrected chi connectivity index (χ3v) is 4.62. The molecular weight excluding hydrogens is 328 g/mol. The molecule has 26 heavy (non-hydrogen) atoms. The number of carbonyl (C=O) groups is 1. The van der Waals surface area contributed by atoms with E-state index in [0.717, 1.165) is 49.6 Å². The summed E-state index contributed by atoms with van der Waals surface area (Å²) < 4.78 is 5.40. The molecule has 3 heterocycles. The second-order valence-corrected chi connectivity index (χ2v) is 6.36. The Hall–Kier alpha value is -2.99. The smallest absolute Gasteiger partial charge is 0.253 e. The van der Waals surface area contributed by atoms with Crippen LogP contribution in [-0.2, 0) is 6.54 Å². The Morgan fingerprint density at radius 3 is 2.54 bits per heavy atom. The van der Waals surface area contributed by atoms with Crippen LogP contribution in [0.2, 0.25) is 0 Å². The first-order valence-corrected chi connectivity index (χ1v) is 8.69. The van der Waals surface area contributed by atoms with Gasteiger partial charge in [-0.2, -0.15) is 0 Å². The third-order valence-electron chi connectivity index (χ3n) is 4.62. The summed E-state index contributed by atoms with van der Waals surface area (Å²) in [6.07, 6.45) is 6.70. The van der Waals surface area contributed by atoms with Gasteiger partial charge in [0.05, 0.1) is 12.8 Å². The van der Waals surface area contributed by atoms with Crippen LogP contribution in [0.5, 0.6) is 0 Å². The van der Waals surface area contributed by atoms with Crippen LogP contribution in [0.1, 0.15) is 16.1 Å². The van der Waals surface area contributed by atoms with Crippen molar-refractivity contribution >= 4 is 5.91 Å². The fourth-order valence-corrected chi connectivity index (χ4v) is 3.19. The number of furan rings is 1. The van der Waals surface area contributed by atoms with E-state index in [1.165, 1.54) is 6.33 Å². The predicted octanol–water partition coefficient (Wildman–Crippen LogP) is 2.69. The fourth-order valence-electron chi connectivity index (χ4n) is 3.19. The number of amides is 1. The molecule has 132 valence electrons. The van der Waals surface area contributed by atoms with Gasteiger partial charge in [0.15, 0.2) is 0 Å². The number of hydrogen-bond donors (Lipinski definition) is 0. The van der Waals surface area contributed by atoms with Crippen molar-refractivity contribution in [2.75, 3.05) is 26.2 Å². The van der Waals surface area contributed by atoms with Crippen molar-refractivity contribution in [2.45, 2.75) is 6.54 Å². The number of rotatable bonds is 4. The van der Waals surface area contributed by atoms with Crippen LogP contribution in [-0.4, -0.2) is 51.9 Å². The maximum absolute atomic E-state index is 12.9. The zero-order valence-corrected chi connectivity index (χ0v) is 14.4. The van der Waals surface area contributed by atoms with E-state index in [4.69, 9.17) is 4.42 Å². The highest BCUT2D eigenvalue weighted by atomic mass is 16.3. The maximum Gasteiger partial charge on any atom is 0.253 e. The van der Waals surface area contributed by atoms with Crippen LogP contribution in [0.4, 0.5) is 0 Å². The summed E-state index contributed by atoms with van der Waals surface area (Å²) >= 11 is 0. The second kappa shape index (κ2) is 7.49. The standard InChI is InChI=1S/C20H20N4O2/c25-20(17-4-1-3-16(11-17)18-12-21-15-22-13-18)24-8-6-23(7-9-24)14-19-5-2-10-26-19/h1-5,10-13,15H,6-9,14H2. The van der Waals surface area contributed by atoms with Crippen LogP contribution in [0, 0.1) is 0 Å². The minimum atomic E-state index is 0.0707. The molecule has 1 saturated heterocycles. The van der Waals surface area contributed by atoms with Gasteiger partial charge >= 0.3 is 0 Å². The quantitative estimate of drug-likeness (QED) is 0.725. The summed E-state index contributed by atoms with van der Waals surface area (Å²) in [5, 5.41) is 0. The zero-order valence-electron chi connectivity index (χ0n) is 14.4. The monoisotopic (exact) mass is 348 g/mol. The second-order valence-electron chi connectivity index (χ2n) is 6.36. The summed E-state index contributed by atoms with van der Waals surface area (Å²) in [4.78, 5) is 25.2. The van der Waals surface area contributed by atoms with Crippen LogP contribution in [0.15, 0.2) is 65.8 Å². The fraction of sp³-hybridized carbons (Fsp3) is 0.250. The molecular formula is C20H20N4O2. The molecule has 0 aliphatic carbocycles. The molecule has 3 aromatic rings. The van der Waals surface area contributed by atoms with Gasteiger partial charge in [0.1, 0.15) is 12.1 Å². The summed E-state index contributed by atoms with van der Waals surface area (Å²) in [6.45, 7) is 3.92. The van der Waals surface area contributed by atoms with Gasteiger partial charge in [-0.3, -0.25) is 9.69 Å². The average molecular weight is 348 g/mol. The summed E-state index contributed by atoms with van der Waals surface area (Å²) in [7, 11) is 0. The highest BCUT2D eigenvalue weighted by Gasteiger charge is 2.22. The van der Waals surface area contributed by atoms with Crippen LogP contribution >= 0.6 is 0 Å². The third kappa shape index (κ3) is 3.65. The Balaban J connectivity index is 1.41. The molecule has 1 aliphatic heterocycles. The summed E-state index contributed by atoms with van der Waals surface area (Å²) in [5.41, 5.74) is 2.56. The maximum atomic E-state index is 12.9. The van der Waals surface area contributed by atoms with Crippen molar-refractivity contribution in [3.8, 4) is 11.1 Å². The van der Waals surface area contributed by atoms with Crippen LogP contribution < -0.4 is 0 Å². The molecule has 2 aromatic heterocycles. The molecule has 0 spiro atoms. The lowest BCUT2D eigenvalue weighted by atomic mass is 10.0. The topological polar surface area (TPSA) is 62.5 Å². The van der Waals surface area contributed by atoms with Crippen molar-refractivity contribution < 1.29 is 9.21 Å². The molecule has 0 unspecified atom stereocenters. The number of benzene rings is 1. The lowest BCUT2D eigenvalue weighted by Crippen LogP contribution is -2.48. The first-order chi connectivity index (χ1) is 12.8. The Kier molecular flexibility index (Phi) is 4.75. The van der Waals surface area contributed by atoms with E-state index in [2.05, 4.69) is 14.9 Å². The number of aromatic nitrogens is 2. The molecule has 1 fully saturated rings. The van der Waals surface area contributed by atoms with Crippen molar-refractivity contribution in [3.05, 3.63) is 72.7 Å². The predicted molar refractivity (Wildman–Crippen MR) is 97.4 cm³/mol. The molecule has 0 N–H and O–H groups in total. The molecule has 1 aliphatic rings. The Bertz CT molecular complexity index is 857. The van der Waals surface area contributed by atoms with Crippen LogP contribution in [0.3, 0.4) is 0 Å².